The van der Waals surface area contributed by atoms with Crippen molar-refractivity contribution in [3.63, 3.8) is 0 Å². The Balaban J connectivity index is 1.99. The Morgan fingerprint density at radius 1 is 1.22 bits per heavy atom. The minimum Gasteiger partial charge on any atom is -0.306 e. The summed E-state index contributed by atoms with van der Waals surface area (Å²) in [6.07, 6.45) is 3.72. The van der Waals surface area contributed by atoms with Crippen molar-refractivity contribution in [1.29, 1.82) is 0 Å². The van der Waals surface area contributed by atoms with Crippen LogP contribution in [-0.2, 0) is 6.54 Å². The first kappa shape index (κ1) is 12.8. The molecule has 0 aliphatic carbocycles. The Labute approximate surface area is 109 Å². The van der Waals surface area contributed by atoms with E-state index < -0.39 is 0 Å². The van der Waals surface area contributed by atoms with Gasteiger partial charge in [0.1, 0.15) is 0 Å². The molecule has 1 aromatic heterocycles. The quantitative estimate of drug-likeness (QED) is 0.884. The molecule has 0 spiro atoms. The van der Waals surface area contributed by atoms with Crippen molar-refractivity contribution < 1.29 is 0 Å². The van der Waals surface area contributed by atoms with Crippen molar-refractivity contribution in [1.82, 2.24) is 10.3 Å². The van der Waals surface area contributed by atoms with E-state index in [0.717, 1.165) is 6.54 Å². The van der Waals surface area contributed by atoms with Gasteiger partial charge in [-0.25, -0.2) is 0 Å². The maximum atomic E-state index is 4.15. The number of nitrogens with one attached hydrogen (secondary N) is 1. The number of aryl methyl sites for hydroxylation is 2. The van der Waals surface area contributed by atoms with E-state index in [1.54, 1.807) is 6.20 Å². The zero-order valence-corrected chi connectivity index (χ0v) is 11.3. The van der Waals surface area contributed by atoms with E-state index in [2.05, 4.69) is 55.3 Å². The molecule has 2 heteroatoms. The predicted molar refractivity (Wildman–Crippen MR) is 75.4 cm³/mol. The molecule has 2 nitrogen and oxygen atoms in total. The molecule has 0 bridgehead atoms. The third-order valence-electron chi connectivity index (χ3n) is 3.28. The number of hydrogen-bond acceptors (Lipinski definition) is 2. The van der Waals surface area contributed by atoms with E-state index in [0.29, 0.717) is 6.04 Å². The van der Waals surface area contributed by atoms with Crippen LogP contribution in [0.15, 0.2) is 42.7 Å². The first-order valence-corrected chi connectivity index (χ1v) is 6.36. The van der Waals surface area contributed by atoms with Crippen LogP contribution in [0.4, 0.5) is 0 Å². The molecule has 1 heterocycles. The van der Waals surface area contributed by atoms with Crippen LogP contribution in [0.25, 0.3) is 0 Å². The molecule has 0 aliphatic heterocycles. The molecular weight excluding hydrogens is 220 g/mol. The van der Waals surface area contributed by atoms with Gasteiger partial charge in [0, 0.05) is 25.0 Å². The van der Waals surface area contributed by atoms with Crippen molar-refractivity contribution in [3.8, 4) is 0 Å². The smallest absolute Gasteiger partial charge is 0.0315 e. The van der Waals surface area contributed by atoms with E-state index in [1.807, 2.05) is 12.3 Å². The molecule has 0 unspecified atom stereocenters. The van der Waals surface area contributed by atoms with Gasteiger partial charge in [0.15, 0.2) is 0 Å². The van der Waals surface area contributed by atoms with Gasteiger partial charge < -0.3 is 5.32 Å². The van der Waals surface area contributed by atoms with Crippen molar-refractivity contribution in [2.75, 3.05) is 0 Å². The highest BCUT2D eigenvalue weighted by Gasteiger charge is 2.05. The molecule has 0 aliphatic rings. The van der Waals surface area contributed by atoms with Crippen molar-refractivity contribution >= 4 is 0 Å². The third-order valence-corrected chi connectivity index (χ3v) is 3.28. The molecule has 2 aromatic rings. The molecule has 0 fully saturated rings. The van der Waals surface area contributed by atoms with Crippen molar-refractivity contribution in [2.24, 2.45) is 0 Å². The summed E-state index contributed by atoms with van der Waals surface area (Å²) in [7, 11) is 0. The monoisotopic (exact) mass is 240 g/mol. The van der Waals surface area contributed by atoms with Crippen LogP contribution in [0.5, 0.6) is 0 Å². The number of pyridine rings is 1. The lowest BCUT2D eigenvalue weighted by molar-refractivity contribution is 0.572. The van der Waals surface area contributed by atoms with Gasteiger partial charge in [0.25, 0.3) is 0 Å². The summed E-state index contributed by atoms with van der Waals surface area (Å²) in [6, 6.07) is 11.0. The highest BCUT2D eigenvalue weighted by Crippen LogP contribution is 2.14. The van der Waals surface area contributed by atoms with Gasteiger partial charge in [-0.15, -0.1) is 0 Å². The SMILES string of the molecule is Cc1ccc(CN[C@@H](C)c2cccnc2)c(C)c1. The second-order valence-electron chi connectivity index (χ2n) is 4.82. The maximum absolute atomic E-state index is 4.15. The van der Waals surface area contributed by atoms with Gasteiger partial charge in [-0.3, -0.25) is 4.98 Å². The third kappa shape index (κ3) is 3.17. The first-order valence-electron chi connectivity index (χ1n) is 6.36. The Morgan fingerprint density at radius 2 is 2.06 bits per heavy atom. The summed E-state index contributed by atoms with van der Waals surface area (Å²) in [5, 5.41) is 3.54. The molecule has 1 N–H and O–H groups in total. The van der Waals surface area contributed by atoms with E-state index in [-0.39, 0.29) is 0 Å². The number of hydrogen-bond donors (Lipinski definition) is 1. The molecule has 0 saturated heterocycles. The summed E-state index contributed by atoms with van der Waals surface area (Å²) < 4.78 is 0. The molecule has 0 radical (unpaired) electrons. The maximum Gasteiger partial charge on any atom is 0.0315 e. The summed E-state index contributed by atoms with van der Waals surface area (Å²) in [5.74, 6) is 0. The summed E-state index contributed by atoms with van der Waals surface area (Å²) in [4.78, 5) is 4.15. The van der Waals surface area contributed by atoms with Gasteiger partial charge in [0.05, 0.1) is 0 Å². The first-order chi connectivity index (χ1) is 8.66. The average Bonchev–Trinajstić information content (AvgIpc) is 2.38. The summed E-state index contributed by atoms with van der Waals surface area (Å²) in [5.41, 5.74) is 5.25. The molecule has 94 valence electrons. The van der Waals surface area contributed by atoms with Gasteiger partial charge in [-0.1, -0.05) is 29.8 Å². The normalized spacial score (nSPS) is 12.4. The fourth-order valence-electron chi connectivity index (χ4n) is 2.06. The second kappa shape index (κ2) is 5.78. The van der Waals surface area contributed by atoms with E-state index in [9.17, 15) is 0 Å². The Kier molecular flexibility index (Phi) is 4.11. The number of benzene rings is 1. The largest absolute Gasteiger partial charge is 0.306 e. The van der Waals surface area contributed by atoms with Gasteiger partial charge in [0.2, 0.25) is 0 Å². The molecule has 0 saturated carbocycles. The second-order valence-corrected chi connectivity index (χ2v) is 4.82. The van der Waals surface area contributed by atoms with Crippen LogP contribution >= 0.6 is 0 Å². The van der Waals surface area contributed by atoms with Gasteiger partial charge >= 0.3 is 0 Å². The van der Waals surface area contributed by atoms with Crippen LogP contribution in [0.3, 0.4) is 0 Å². The molecule has 2 rings (SSSR count). The Morgan fingerprint density at radius 3 is 2.72 bits per heavy atom. The van der Waals surface area contributed by atoms with Crippen molar-refractivity contribution in [2.45, 2.75) is 33.4 Å². The van der Waals surface area contributed by atoms with E-state index >= 15 is 0 Å². The van der Waals surface area contributed by atoms with Gasteiger partial charge in [-0.05, 0) is 43.5 Å². The van der Waals surface area contributed by atoms with E-state index in [1.165, 1.54) is 22.3 Å². The van der Waals surface area contributed by atoms with Crippen LogP contribution in [0.1, 0.15) is 35.2 Å². The Bertz CT molecular complexity index is 506. The lowest BCUT2D eigenvalue weighted by atomic mass is 10.0. The van der Waals surface area contributed by atoms with Crippen LogP contribution in [-0.4, -0.2) is 4.98 Å². The number of aromatic nitrogens is 1. The highest BCUT2D eigenvalue weighted by molar-refractivity contribution is 5.30. The number of rotatable bonds is 4. The number of nitrogens with zero attached hydrogens (tertiary/aromatic N) is 1. The average molecular weight is 240 g/mol. The molecular formula is C16H20N2. The minimum absolute atomic E-state index is 0.319. The fraction of sp³-hybridized carbons (Fsp3) is 0.312. The van der Waals surface area contributed by atoms with E-state index in [4.69, 9.17) is 0 Å². The van der Waals surface area contributed by atoms with Crippen LogP contribution < -0.4 is 5.32 Å². The minimum atomic E-state index is 0.319. The van der Waals surface area contributed by atoms with Crippen LogP contribution in [0, 0.1) is 13.8 Å². The predicted octanol–water partition coefficient (Wildman–Crippen LogP) is 3.55. The molecule has 1 atom stereocenters. The standard InChI is InChI=1S/C16H20N2/c1-12-6-7-15(13(2)9-12)11-18-14(3)16-5-4-8-17-10-16/h4-10,14,18H,11H2,1-3H3/t14-/m0/s1. The fourth-order valence-corrected chi connectivity index (χ4v) is 2.06. The van der Waals surface area contributed by atoms with Gasteiger partial charge in [-0.2, -0.15) is 0 Å². The molecule has 0 amide bonds. The lowest BCUT2D eigenvalue weighted by Gasteiger charge is -2.15. The highest BCUT2D eigenvalue weighted by atomic mass is 14.9. The molecule has 18 heavy (non-hydrogen) atoms. The van der Waals surface area contributed by atoms with Crippen LogP contribution in [0.2, 0.25) is 0 Å². The Hall–Kier alpha value is -1.67. The molecule has 1 aromatic carbocycles. The summed E-state index contributed by atoms with van der Waals surface area (Å²) >= 11 is 0. The zero-order chi connectivity index (χ0) is 13.0. The zero-order valence-electron chi connectivity index (χ0n) is 11.3. The summed E-state index contributed by atoms with van der Waals surface area (Å²) in [6.45, 7) is 7.35. The topological polar surface area (TPSA) is 24.9 Å². The lowest BCUT2D eigenvalue weighted by Crippen LogP contribution is -2.18. The van der Waals surface area contributed by atoms with Crippen molar-refractivity contribution in [3.05, 3.63) is 65.0 Å².